The van der Waals surface area contributed by atoms with Crippen LogP contribution in [0, 0.1) is 13.8 Å². The van der Waals surface area contributed by atoms with Crippen LogP contribution in [0.25, 0.3) is 0 Å². The summed E-state index contributed by atoms with van der Waals surface area (Å²) < 4.78 is 0. The second-order valence-electron chi connectivity index (χ2n) is 4.99. The maximum atomic E-state index is 11.7. The number of hydrogen-bond donors (Lipinski definition) is 2. The number of rotatable bonds is 4. The van der Waals surface area contributed by atoms with E-state index >= 15 is 0 Å². The van der Waals surface area contributed by atoms with E-state index in [0.29, 0.717) is 0 Å². The van der Waals surface area contributed by atoms with Crippen LogP contribution in [0.2, 0.25) is 0 Å². The summed E-state index contributed by atoms with van der Waals surface area (Å²) in [5, 5.41) is 5.86. The van der Waals surface area contributed by atoms with Gasteiger partial charge in [0.1, 0.15) is 0 Å². The summed E-state index contributed by atoms with van der Waals surface area (Å²) >= 11 is 0. The molecule has 2 amide bonds. The van der Waals surface area contributed by atoms with E-state index in [1.165, 1.54) is 11.1 Å². The first-order chi connectivity index (χ1) is 8.43. The summed E-state index contributed by atoms with van der Waals surface area (Å²) in [5.41, 5.74) is 3.66. The molecule has 0 fully saturated rings. The monoisotopic (exact) mass is 248 g/mol. The quantitative estimate of drug-likeness (QED) is 0.841. The van der Waals surface area contributed by atoms with Crippen LogP contribution in [0.4, 0.5) is 4.79 Å². The standard InChI is InChI=1S/C15H24N2O/c1-6-12(4)16-15(18)17-13(5)14-8-7-10(2)11(3)9-14/h7-9,12-13H,6H2,1-5H3,(H2,16,17,18). The number of carbonyl (C=O) groups excluding carboxylic acids is 1. The Morgan fingerprint density at radius 2 is 1.83 bits per heavy atom. The molecule has 0 radical (unpaired) electrons. The van der Waals surface area contributed by atoms with Crippen molar-refractivity contribution in [2.45, 2.75) is 53.1 Å². The molecule has 18 heavy (non-hydrogen) atoms. The predicted octanol–water partition coefficient (Wildman–Crippen LogP) is 3.46. The van der Waals surface area contributed by atoms with Crippen molar-refractivity contribution < 1.29 is 4.79 Å². The number of hydrogen-bond acceptors (Lipinski definition) is 1. The van der Waals surface area contributed by atoms with E-state index in [0.717, 1.165) is 12.0 Å². The molecule has 1 rings (SSSR count). The van der Waals surface area contributed by atoms with Crippen LogP contribution in [-0.4, -0.2) is 12.1 Å². The molecular weight excluding hydrogens is 224 g/mol. The highest BCUT2D eigenvalue weighted by Crippen LogP contribution is 2.16. The lowest BCUT2D eigenvalue weighted by Crippen LogP contribution is -2.41. The topological polar surface area (TPSA) is 41.1 Å². The predicted molar refractivity (Wildman–Crippen MR) is 75.8 cm³/mol. The normalized spacial score (nSPS) is 13.8. The second kappa shape index (κ2) is 6.43. The molecule has 3 heteroatoms. The van der Waals surface area contributed by atoms with Gasteiger partial charge in [-0.1, -0.05) is 25.1 Å². The highest BCUT2D eigenvalue weighted by atomic mass is 16.2. The number of urea groups is 1. The highest BCUT2D eigenvalue weighted by Gasteiger charge is 2.11. The summed E-state index contributed by atoms with van der Waals surface area (Å²) in [6, 6.07) is 6.41. The molecule has 0 heterocycles. The van der Waals surface area contributed by atoms with Gasteiger partial charge in [-0.3, -0.25) is 0 Å². The number of aryl methyl sites for hydroxylation is 2. The van der Waals surface area contributed by atoms with Gasteiger partial charge in [-0.05, 0) is 50.8 Å². The third-order valence-corrected chi connectivity index (χ3v) is 3.37. The number of nitrogens with one attached hydrogen (secondary N) is 2. The minimum atomic E-state index is -0.102. The van der Waals surface area contributed by atoms with Gasteiger partial charge >= 0.3 is 6.03 Å². The van der Waals surface area contributed by atoms with Crippen molar-refractivity contribution in [3.8, 4) is 0 Å². The maximum Gasteiger partial charge on any atom is 0.315 e. The summed E-state index contributed by atoms with van der Waals surface area (Å²) in [6.07, 6.45) is 0.936. The van der Waals surface area contributed by atoms with Crippen molar-refractivity contribution >= 4 is 6.03 Å². The average Bonchev–Trinajstić information content (AvgIpc) is 2.32. The van der Waals surface area contributed by atoms with Crippen LogP contribution in [0.5, 0.6) is 0 Å². The van der Waals surface area contributed by atoms with E-state index in [2.05, 4.69) is 49.6 Å². The van der Waals surface area contributed by atoms with E-state index in [4.69, 9.17) is 0 Å². The molecule has 100 valence electrons. The molecular formula is C15H24N2O. The molecule has 0 aliphatic heterocycles. The Bertz CT molecular complexity index is 415. The Hall–Kier alpha value is -1.51. The van der Waals surface area contributed by atoms with Crippen LogP contribution in [0.15, 0.2) is 18.2 Å². The molecule has 2 atom stereocenters. The second-order valence-corrected chi connectivity index (χ2v) is 4.99. The van der Waals surface area contributed by atoms with Crippen LogP contribution >= 0.6 is 0 Å². The molecule has 0 saturated heterocycles. The van der Waals surface area contributed by atoms with Crippen LogP contribution in [-0.2, 0) is 0 Å². The molecule has 2 unspecified atom stereocenters. The van der Waals surface area contributed by atoms with Crippen molar-refractivity contribution in [1.82, 2.24) is 10.6 Å². The average molecular weight is 248 g/mol. The minimum absolute atomic E-state index is 0.0216. The Labute approximate surface area is 110 Å². The zero-order chi connectivity index (χ0) is 13.7. The molecule has 1 aromatic rings. The molecule has 0 aliphatic carbocycles. The van der Waals surface area contributed by atoms with Crippen molar-refractivity contribution in [3.05, 3.63) is 34.9 Å². The maximum absolute atomic E-state index is 11.7. The third kappa shape index (κ3) is 4.06. The van der Waals surface area contributed by atoms with Crippen LogP contribution < -0.4 is 10.6 Å². The van der Waals surface area contributed by atoms with Gasteiger partial charge in [0.2, 0.25) is 0 Å². The molecule has 0 spiro atoms. The first kappa shape index (κ1) is 14.6. The fourth-order valence-corrected chi connectivity index (χ4v) is 1.68. The summed E-state index contributed by atoms with van der Waals surface area (Å²) in [6.45, 7) is 10.2. The summed E-state index contributed by atoms with van der Waals surface area (Å²) in [7, 11) is 0. The first-order valence-electron chi connectivity index (χ1n) is 6.58. The van der Waals surface area contributed by atoms with E-state index in [-0.39, 0.29) is 18.1 Å². The zero-order valence-electron chi connectivity index (χ0n) is 12.0. The summed E-state index contributed by atoms with van der Waals surface area (Å²) in [5.74, 6) is 0. The van der Waals surface area contributed by atoms with Gasteiger partial charge in [-0.25, -0.2) is 4.79 Å². The van der Waals surface area contributed by atoms with E-state index in [1.807, 2.05) is 13.8 Å². The van der Waals surface area contributed by atoms with Gasteiger partial charge in [-0.15, -0.1) is 0 Å². The third-order valence-electron chi connectivity index (χ3n) is 3.37. The largest absolute Gasteiger partial charge is 0.336 e. The van der Waals surface area contributed by atoms with Crippen LogP contribution in [0.1, 0.15) is 49.9 Å². The van der Waals surface area contributed by atoms with Gasteiger partial charge in [0.25, 0.3) is 0 Å². The highest BCUT2D eigenvalue weighted by molar-refractivity contribution is 5.74. The Morgan fingerprint density at radius 3 is 2.39 bits per heavy atom. The minimum Gasteiger partial charge on any atom is -0.336 e. The Balaban J connectivity index is 2.62. The SMILES string of the molecule is CCC(C)NC(=O)NC(C)c1ccc(C)c(C)c1. The molecule has 1 aromatic carbocycles. The zero-order valence-corrected chi connectivity index (χ0v) is 12.0. The van der Waals surface area contributed by atoms with Crippen molar-refractivity contribution in [2.75, 3.05) is 0 Å². The lowest BCUT2D eigenvalue weighted by Gasteiger charge is -2.18. The Morgan fingerprint density at radius 1 is 1.17 bits per heavy atom. The number of carbonyl (C=O) groups is 1. The Kier molecular flexibility index (Phi) is 5.20. The smallest absolute Gasteiger partial charge is 0.315 e. The first-order valence-corrected chi connectivity index (χ1v) is 6.58. The van der Waals surface area contributed by atoms with Gasteiger partial charge < -0.3 is 10.6 Å². The van der Waals surface area contributed by atoms with Gasteiger partial charge in [0.15, 0.2) is 0 Å². The van der Waals surface area contributed by atoms with Crippen molar-refractivity contribution in [2.24, 2.45) is 0 Å². The molecule has 2 N–H and O–H groups in total. The van der Waals surface area contributed by atoms with Crippen LogP contribution in [0.3, 0.4) is 0 Å². The van der Waals surface area contributed by atoms with Crippen molar-refractivity contribution in [3.63, 3.8) is 0 Å². The fraction of sp³-hybridized carbons (Fsp3) is 0.533. The van der Waals surface area contributed by atoms with E-state index in [1.54, 1.807) is 0 Å². The van der Waals surface area contributed by atoms with Gasteiger partial charge in [0, 0.05) is 6.04 Å². The molecule has 0 aromatic heterocycles. The lowest BCUT2D eigenvalue weighted by atomic mass is 10.0. The number of benzene rings is 1. The lowest BCUT2D eigenvalue weighted by molar-refractivity contribution is 0.234. The van der Waals surface area contributed by atoms with Crippen molar-refractivity contribution in [1.29, 1.82) is 0 Å². The molecule has 0 aliphatic rings. The van der Waals surface area contributed by atoms with E-state index < -0.39 is 0 Å². The molecule has 3 nitrogen and oxygen atoms in total. The van der Waals surface area contributed by atoms with Gasteiger partial charge in [-0.2, -0.15) is 0 Å². The fourth-order valence-electron chi connectivity index (χ4n) is 1.68. The summed E-state index contributed by atoms with van der Waals surface area (Å²) in [4.78, 5) is 11.7. The molecule has 0 bridgehead atoms. The molecule has 0 saturated carbocycles. The van der Waals surface area contributed by atoms with Gasteiger partial charge in [0.05, 0.1) is 6.04 Å². The number of amides is 2. The van der Waals surface area contributed by atoms with E-state index in [9.17, 15) is 4.79 Å².